The average Bonchev–Trinajstić information content (AvgIpc) is 2.91. The molecule has 0 aliphatic carbocycles. The molecule has 1 N–H and O–H groups in total. The van der Waals surface area contributed by atoms with Gasteiger partial charge in [0.05, 0.1) is 35.5 Å². The van der Waals surface area contributed by atoms with Crippen LogP contribution in [0.5, 0.6) is 17.4 Å². The maximum absolute atomic E-state index is 12.6. The molecule has 136 valence electrons. The maximum atomic E-state index is 12.6. The van der Waals surface area contributed by atoms with E-state index in [2.05, 4.69) is 15.1 Å². The van der Waals surface area contributed by atoms with Gasteiger partial charge in [-0.2, -0.15) is 0 Å². The third-order valence-corrected chi connectivity index (χ3v) is 5.15. The first-order chi connectivity index (χ1) is 11.9. The zero-order valence-corrected chi connectivity index (χ0v) is 15.7. The van der Waals surface area contributed by atoms with Gasteiger partial charge in [0.2, 0.25) is 5.91 Å². The number of nitrogens with one attached hydrogen (secondary N) is 1. The van der Waals surface area contributed by atoms with Gasteiger partial charge in [-0.05, 0) is 24.2 Å². The van der Waals surface area contributed by atoms with E-state index in [-0.39, 0.29) is 10.9 Å². The summed E-state index contributed by atoms with van der Waals surface area (Å²) in [5.74, 6) is -0.0311. The average molecular weight is 388 g/mol. The van der Waals surface area contributed by atoms with Crippen LogP contribution in [-0.2, 0) is 11.8 Å². The third kappa shape index (κ3) is 4.29. The molecule has 1 amide bonds. The first kappa shape index (κ1) is 19.2. The molecule has 25 heavy (non-hydrogen) atoms. The number of nitrogens with zero attached hydrogens (tertiary/aromatic N) is 2. The van der Waals surface area contributed by atoms with Crippen LogP contribution < -0.4 is 24.6 Å². The van der Waals surface area contributed by atoms with Crippen molar-refractivity contribution in [1.29, 1.82) is 0 Å². The first-order valence-corrected chi connectivity index (χ1v) is 8.59. The highest BCUT2D eigenvalue weighted by atomic mass is 35.5. The van der Waals surface area contributed by atoms with E-state index in [1.807, 2.05) is 6.92 Å². The fraction of sp³-hybridized carbons (Fsp3) is 0.400. The monoisotopic (exact) mass is 387 g/mol. The Hall–Kier alpha value is -2.13. The van der Waals surface area contributed by atoms with Crippen LogP contribution in [0.15, 0.2) is 21.7 Å². The van der Waals surface area contributed by atoms with Crippen molar-refractivity contribution in [2.24, 2.45) is 7.05 Å². The molecule has 1 aromatic heterocycles. The lowest BCUT2D eigenvalue weighted by atomic mass is 10.2. The Morgan fingerprint density at radius 2 is 2.12 bits per heavy atom. The molecule has 8 nitrogen and oxygen atoms in total. The summed E-state index contributed by atoms with van der Waals surface area (Å²) >= 11 is 7.19. The van der Waals surface area contributed by atoms with Crippen molar-refractivity contribution in [2.75, 3.05) is 19.5 Å². The topological polar surface area (TPSA) is 101 Å². The molecule has 2 aromatic rings. The number of rotatable bonds is 7. The van der Waals surface area contributed by atoms with Crippen molar-refractivity contribution in [2.45, 2.75) is 23.6 Å². The Bertz CT molecular complexity index is 748. The molecule has 2 rings (SSSR count). The molecule has 1 heterocycles. The highest BCUT2D eigenvalue weighted by molar-refractivity contribution is 8.00. The number of hydrogen-bond donors (Lipinski definition) is 1. The van der Waals surface area contributed by atoms with E-state index in [1.54, 1.807) is 19.2 Å². The molecule has 0 radical (unpaired) electrons. The van der Waals surface area contributed by atoms with Gasteiger partial charge in [0, 0.05) is 6.07 Å². The molecule has 0 aliphatic rings. The summed E-state index contributed by atoms with van der Waals surface area (Å²) in [6, 6.07) is 3.13. The number of methoxy groups -OCH3 is 2. The second-order valence-electron chi connectivity index (χ2n) is 4.98. The number of carbonyl (C=O) groups excluding carboxylic acids is 1. The molecular formula is C15H18ClN3O5S. The number of anilines is 1. The lowest BCUT2D eigenvalue weighted by Crippen LogP contribution is -2.34. The van der Waals surface area contributed by atoms with Crippen molar-refractivity contribution in [3.8, 4) is 17.4 Å². The van der Waals surface area contributed by atoms with Crippen LogP contribution in [0.1, 0.15) is 13.3 Å². The predicted molar refractivity (Wildman–Crippen MR) is 90.2 cm³/mol. The van der Waals surface area contributed by atoms with Gasteiger partial charge in [0.1, 0.15) is 11.5 Å². The summed E-state index contributed by atoms with van der Waals surface area (Å²) in [4.78, 5) is 12.6. The van der Waals surface area contributed by atoms with Gasteiger partial charge in [0.25, 0.3) is 5.03 Å². The maximum Gasteiger partial charge on any atom is 0.291 e. The molecule has 1 atom stereocenters. The minimum atomic E-state index is -0.580. The quantitative estimate of drug-likeness (QED) is 0.570. The summed E-state index contributed by atoms with van der Waals surface area (Å²) in [7, 11) is 4.54. The van der Waals surface area contributed by atoms with Crippen LogP contribution in [0.25, 0.3) is 0 Å². The second-order valence-corrected chi connectivity index (χ2v) is 6.58. The SMILES string of the molecule is CCC(Sc1c([O-])on[n+]1C)C(=O)Nc1cc(Cl)c(OC)cc1OC. The van der Waals surface area contributed by atoms with Crippen LogP contribution in [0, 0.1) is 0 Å². The number of ether oxygens (including phenoxy) is 2. The summed E-state index contributed by atoms with van der Waals surface area (Å²) in [6.45, 7) is 1.84. The van der Waals surface area contributed by atoms with Crippen molar-refractivity contribution in [3.63, 3.8) is 0 Å². The number of benzene rings is 1. The molecule has 0 spiro atoms. The van der Waals surface area contributed by atoms with Crippen LogP contribution in [0.2, 0.25) is 5.02 Å². The van der Waals surface area contributed by atoms with E-state index in [0.29, 0.717) is 28.6 Å². The van der Waals surface area contributed by atoms with Gasteiger partial charge in [0.15, 0.2) is 13.0 Å². The lowest BCUT2D eigenvalue weighted by Gasteiger charge is -2.16. The van der Waals surface area contributed by atoms with Gasteiger partial charge in [-0.15, -0.1) is 0 Å². The summed E-state index contributed by atoms with van der Waals surface area (Å²) < 4.78 is 16.3. The Morgan fingerprint density at radius 3 is 2.64 bits per heavy atom. The predicted octanol–water partition coefficient (Wildman–Crippen LogP) is 1.75. The zero-order chi connectivity index (χ0) is 18.6. The lowest BCUT2D eigenvalue weighted by molar-refractivity contribution is -0.772. The van der Waals surface area contributed by atoms with E-state index in [1.165, 1.54) is 18.9 Å². The molecule has 1 unspecified atom stereocenters. The zero-order valence-electron chi connectivity index (χ0n) is 14.2. The third-order valence-electron chi connectivity index (χ3n) is 3.36. The molecular weight excluding hydrogens is 370 g/mol. The van der Waals surface area contributed by atoms with Gasteiger partial charge in [-0.3, -0.25) is 4.79 Å². The molecule has 0 aliphatic heterocycles. The normalized spacial score (nSPS) is 11.9. The Labute approximate surface area is 154 Å². The van der Waals surface area contributed by atoms with Crippen molar-refractivity contribution >= 4 is 35.0 Å². The second kappa shape index (κ2) is 8.30. The van der Waals surface area contributed by atoms with Crippen molar-refractivity contribution in [1.82, 2.24) is 5.27 Å². The fourth-order valence-corrected chi connectivity index (χ4v) is 3.22. The number of aryl methyl sites for hydroxylation is 1. The molecule has 0 bridgehead atoms. The molecule has 0 fully saturated rings. The number of carbonyl (C=O) groups is 1. The van der Waals surface area contributed by atoms with Crippen LogP contribution in [-0.4, -0.2) is 30.6 Å². The smallest absolute Gasteiger partial charge is 0.291 e. The Kier molecular flexibility index (Phi) is 6.38. The molecule has 0 saturated heterocycles. The van der Waals surface area contributed by atoms with Gasteiger partial charge >= 0.3 is 0 Å². The Morgan fingerprint density at radius 1 is 1.44 bits per heavy atom. The van der Waals surface area contributed by atoms with Crippen molar-refractivity contribution in [3.05, 3.63) is 17.2 Å². The first-order valence-electron chi connectivity index (χ1n) is 7.33. The highest BCUT2D eigenvalue weighted by Gasteiger charge is 2.26. The number of halogens is 1. The number of thioether (sulfide) groups is 1. The van der Waals surface area contributed by atoms with Gasteiger partial charge in [-0.1, -0.05) is 23.2 Å². The summed E-state index contributed by atoms with van der Waals surface area (Å²) in [5.41, 5.74) is 0.411. The van der Waals surface area contributed by atoms with Crippen LogP contribution in [0.3, 0.4) is 0 Å². The van der Waals surface area contributed by atoms with E-state index < -0.39 is 11.2 Å². The minimum Gasteiger partial charge on any atom is -0.538 e. The molecule has 10 heteroatoms. The van der Waals surface area contributed by atoms with Gasteiger partial charge < -0.3 is 24.4 Å². The van der Waals surface area contributed by atoms with E-state index >= 15 is 0 Å². The van der Waals surface area contributed by atoms with E-state index in [0.717, 1.165) is 11.8 Å². The molecule has 0 saturated carbocycles. The van der Waals surface area contributed by atoms with Gasteiger partial charge in [-0.25, -0.2) is 0 Å². The standard InChI is InChI=1S/C15H18ClN3O5S/c1-5-12(25-14-15(21)24-18-19(14)2)13(20)17-9-6-8(16)10(22-3)7-11(9)23-4/h6-7,12H,5H2,1-4H3,(H-,17,18,20,21). The summed E-state index contributed by atoms with van der Waals surface area (Å²) in [5, 5.41) is 18.0. The van der Waals surface area contributed by atoms with Crippen LogP contribution in [0.4, 0.5) is 5.69 Å². The van der Waals surface area contributed by atoms with Crippen LogP contribution >= 0.6 is 23.4 Å². The largest absolute Gasteiger partial charge is 0.538 e. The van der Waals surface area contributed by atoms with E-state index in [4.69, 9.17) is 21.1 Å². The summed E-state index contributed by atoms with van der Waals surface area (Å²) in [6.07, 6.45) is 0.493. The number of aromatic nitrogens is 2. The minimum absolute atomic E-state index is 0.252. The number of hydrogen-bond acceptors (Lipinski definition) is 7. The van der Waals surface area contributed by atoms with E-state index in [9.17, 15) is 9.90 Å². The molecule has 1 aromatic carbocycles. The van der Waals surface area contributed by atoms with Crippen molar-refractivity contribution < 1.29 is 28.6 Å². The Balaban J connectivity index is 2.21. The highest BCUT2D eigenvalue weighted by Crippen LogP contribution is 2.36. The number of amides is 1. The fourth-order valence-electron chi connectivity index (χ4n) is 2.06.